The van der Waals surface area contributed by atoms with Crippen molar-refractivity contribution in [2.24, 2.45) is 0 Å². The lowest BCUT2D eigenvalue weighted by Crippen LogP contribution is -2.60. The van der Waals surface area contributed by atoms with E-state index in [1.165, 1.54) is 0 Å². The van der Waals surface area contributed by atoms with E-state index >= 15 is 0 Å². The summed E-state index contributed by atoms with van der Waals surface area (Å²) in [4.78, 5) is 27.6. The Morgan fingerprint density at radius 2 is 1.94 bits per heavy atom. The molecule has 0 radical (unpaired) electrons. The number of hydrogen-bond acceptors (Lipinski definition) is 5. The number of piperidine rings is 1. The molecule has 33 heavy (non-hydrogen) atoms. The highest BCUT2D eigenvalue weighted by atomic mass is 79.9. The molecule has 1 saturated carbocycles. The average Bonchev–Trinajstić information content (AvgIpc) is 2.77. The number of fused-ring (bicyclic) bond motifs is 5. The van der Waals surface area contributed by atoms with Gasteiger partial charge in [0.15, 0.2) is 6.61 Å². The lowest BCUT2D eigenvalue weighted by atomic mass is 9.82. The van der Waals surface area contributed by atoms with E-state index in [0.717, 1.165) is 54.3 Å². The van der Waals surface area contributed by atoms with Gasteiger partial charge in [0.05, 0.1) is 24.8 Å². The van der Waals surface area contributed by atoms with Gasteiger partial charge in [0.2, 0.25) is 0 Å². The molecule has 3 aliphatic heterocycles. The zero-order chi connectivity index (χ0) is 23.6. The largest absolute Gasteiger partial charge is 0.483 e. The van der Waals surface area contributed by atoms with Crippen LogP contribution in [0.5, 0.6) is 5.75 Å². The Morgan fingerprint density at radius 3 is 2.67 bits per heavy atom. The zero-order valence-corrected chi connectivity index (χ0v) is 21.4. The van der Waals surface area contributed by atoms with Gasteiger partial charge in [0, 0.05) is 11.0 Å². The van der Waals surface area contributed by atoms with Gasteiger partial charge in [-0.2, -0.15) is 0 Å². The van der Waals surface area contributed by atoms with Crippen LogP contribution in [0.2, 0.25) is 0 Å². The zero-order valence-electron chi connectivity index (χ0n) is 19.8. The molecule has 8 heteroatoms. The van der Waals surface area contributed by atoms with Gasteiger partial charge in [0.1, 0.15) is 11.4 Å². The van der Waals surface area contributed by atoms with Gasteiger partial charge in [-0.3, -0.25) is 4.79 Å². The van der Waals surface area contributed by atoms with Crippen molar-refractivity contribution in [3.05, 3.63) is 28.2 Å². The fraction of sp³-hybridized carbons (Fsp3) is 0.680. The number of carbonyl (C=O) groups excluding carboxylic acids is 2. The number of halogens is 1. The van der Waals surface area contributed by atoms with E-state index in [1.807, 2.05) is 37.8 Å². The highest BCUT2D eigenvalue weighted by Crippen LogP contribution is 2.40. The van der Waals surface area contributed by atoms with Crippen molar-refractivity contribution in [3.8, 4) is 5.75 Å². The first kappa shape index (κ1) is 24.3. The third-order valence-electron chi connectivity index (χ3n) is 6.74. The topological polar surface area (TPSA) is 77.1 Å². The molecule has 0 unspecified atom stereocenters. The Morgan fingerprint density at radius 1 is 1.18 bits per heavy atom. The highest BCUT2D eigenvalue weighted by molar-refractivity contribution is 9.10. The number of carbonyl (C=O) groups is 2. The summed E-state index contributed by atoms with van der Waals surface area (Å²) in [6.45, 7) is 6.53. The van der Waals surface area contributed by atoms with Gasteiger partial charge in [-0.05, 0) is 89.0 Å². The quantitative estimate of drug-likeness (QED) is 0.574. The number of nitrogens with zero attached hydrogens (tertiary/aromatic N) is 1. The lowest BCUT2D eigenvalue weighted by Gasteiger charge is -2.42. The van der Waals surface area contributed by atoms with Crippen LogP contribution >= 0.6 is 15.9 Å². The summed E-state index contributed by atoms with van der Waals surface area (Å²) in [6.07, 6.45) is 5.29. The Hall–Kier alpha value is -1.80. The van der Waals surface area contributed by atoms with Crippen LogP contribution in [0.1, 0.15) is 70.8 Å². The maximum atomic E-state index is 13.3. The second-order valence-corrected chi connectivity index (χ2v) is 11.2. The molecule has 182 valence electrons. The molecule has 2 bridgehead atoms. The van der Waals surface area contributed by atoms with E-state index in [9.17, 15) is 9.59 Å². The van der Waals surface area contributed by atoms with Gasteiger partial charge in [-0.15, -0.1) is 0 Å². The molecule has 4 aliphatic rings. The third kappa shape index (κ3) is 6.21. The van der Waals surface area contributed by atoms with Crippen LogP contribution in [0, 0.1) is 0 Å². The molecule has 0 spiro atoms. The highest BCUT2D eigenvalue weighted by Gasteiger charge is 2.38. The minimum atomic E-state index is -0.579. The predicted molar refractivity (Wildman–Crippen MR) is 128 cm³/mol. The van der Waals surface area contributed by atoms with Crippen LogP contribution in [-0.4, -0.2) is 60.4 Å². The fourth-order valence-corrected chi connectivity index (χ4v) is 5.55. The summed E-state index contributed by atoms with van der Waals surface area (Å²) in [5, 5.41) is 3.00. The summed E-state index contributed by atoms with van der Waals surface area (Å²) in [6, 6.07) is 5.57. The Labute approximate surface area is 204 Å². The normalized spacial score (nSPS) is 28.4. The van der Waals surface area contributed by atoms with E-state index in [1.54, 1.807) is 0 Å². The van der Waals surface area contributed by atoms with Crippen molar-refractivity contribution in [2.45, 2.75) is 89.0 Å². The molecule has 1 aromatic rings. The minimum Gasteiger partial charge on any atom is -0.483 e. The fourth-order valence-electron chi connectivity index (χ4n) is 5.17. The summed E-state index contributed by atoms with van der Waals surface area (Å²) in [7, 11) is 0. The van der Waals surface area contributed by atoms with E-state index in [0.29, 0.717) is 19.1 Å². The summed E-state index contributed by atoms with van der Waals surface area (Å²) in [5.41, 5.74) is 0.583. The number of hydrogen-bond donors (Lipinski definition) is 1. The maximum absolute atomic E-state index is 13.3. The predicted octanol–water partition coefficient (Wildman–Crippen LogP) is 4.77. The van der Waals surface area contributed by atoms with Gasteiger partial charge in [0.25, 0.3) is 5.91 Å². The molecule has 2 atom stereocenters. The number of amides is 2. The Bertz CT molecular complexity index is 863. The molecule has 2 fully saturated rings. The van der Waals surface area contributed by atoms with E-state index in [2.05, 4.69) is 27.3 Å². The Kier molecular flexibility index (Phi) is 7.53. The van der Waals surface area contributed by atoms with Gasteiger partial charge < -0.3 is 24.4 Å². The molecule has 0 aromatic heterocycles. The average molecular weight is 523 g/mol. The smallest absolute Gasteiger partial charge is 0.407 e. The van der Waals surface area contributed by atoms with Crippen LogP contribution < -0.4 is 10.1 Å². The van der Waals surface area contributed by atoms with Crippen LogP contribution in [0.3, 0.4) is 0 Å². The monoisotopic (exact) mass is 522 g/mol. The van der Waals surface area contributed by atoms with Crippen LogP contribution in [-0.2, 0) is 14.3 Å². The molecular weight excluding hydrogens is 488 g/mol. The second-order valence-electron chi connectivity index (χ2n) is 10.3. The number of benzene rings is 1. The van der Waals surface area contributed by atoms with Crippen molar-refractivity contribution in [1.29, 1.82) is 0 Å². The van der Waals surface area contributed by atoms with Crippen molar-refractivity contribution in [3.63, 3.8) is 0 Å². The maximum Gasteiger partial charge on any atom is 0.407 e. The molecule has 1 saturated heterocycles. The molecule has 1 aromatic carbocycles. The molecular formula is C25H35BrN2O5. The van der Waals surface area contributed by atoms with Crippen LogP contribution in [0.4, 0.5) is 4.79 Å². The molecule has 1 N–H and O–H groups in total. The molecule has 7 nitrogen and oxygen atoms in total. The first-order valence-corrected chi connectivity index (χ1v) is 12.8. The molecule has 1 aliphatic carbocycles. The lowest BCUT2D eigenvalue weighted by molar-refractivity contribution is -0.140. The number of alkyl carbamates (subject to hydrolysis) is 1. The van der Waals surface area contributed by atoms with E-state index in [4.69, 9.17) is 14.2 Å². The SMILES string of the molecule is CC(C)(C)OC(=O)N[C@H]1CCCN2C(=O)COc3ccc(Br)cc3C3CCC(CC3)OC[C@@H]12. The number of nitrogens with one attached hydrogen (secondary N) is 1. The second kappa shape index (κ2) is 10.2. The van der Waals surface area contributed by atoms with Crippen molar-refractivity contribution in [2.75, 3.05) is 19.8 Å². The summed E-state index contributed by atoms with van der Waals surface area (Å²) >= 11 is 3.58. The molecule has 3 heterocycles. The van der Waals surface area contributed by atoms with Gasteiger partial charge >= 0.3 is 6.09 Å². The van der Waals surface area contributed by atoms with Crippen LogP contribution in [0.25, 0.3) is 0 Å². The first-order valence-electron chi connectivity index (χ1n) is 12.0. The van der Waals surface area contributed by atoms with Crippen molar-refractivity contribution < 1.29 is 23.8 Å². The van der Waals surface area contributed by atoms with Gasteiger partial charge in [-0.1, -0.05) is 15.9 Å². The van der Waals surface area contributed by atoms with E-state index < -0.39 is 11.7 Å². The summed E-state index contributed by atoms with van der Waals surface area (Å²) in [5.74, 6) is 1.10. The summed E-state index contributed by atoms with van der Waals surface area (Å²) < 4.78 is 18.9. The molecule has 5 rings (SSSR count). The number of rotatable bonds is 1. The first-order chi connectivity index (χ1) is 15.7. The number of ether oxygens (including phenoxy) is 3. The third-order valence-corrected chi connectivity index (χ3v) is 7.23. The van der Waals surface area contributed by atoms with Gasteiger partial charge in [-0.25, -0.2) is 4.79 Å². The van der Waals surface area contributed by atoms with Crippen LogP contribution in [0.15, 0.2) is 22.7 Å². The minimum absolute atomic E-state index is 0.0273. The molecule has 2 amide bonds. The Balaban J connectivity index is 1.55. The van der Waals surface area contributed by atoms with E-state index in [-0.39, 0.29) is 30.7 Å². The van der Waals surface area contributed by atoms with Crippen molar-refractivity contribution in [1.82, 2.24) is 10.2 Å². The standard InChI is InChI=1S/C25H35BrN2O5/c1-25(2,3)33-24(30)27-20-5-4-12-28-21(20)14-31-18-9-6-16(7-10-18)19-13-17(26)8-11-22(19)32-15-23(28)29/h8,11,13,16,18,20-21H,4-7,9-10,12,14-15H2,1-3H3,(H,27,30)/t16?,18?,20-,21-/m0/s1. The van der Waals surface area contributed by atoms with Crippen molar-refractivity contribution >= 4 is 27.9 Å².